The van der Waals surface area contributed by atoms with Crippen LogP contribution in [0.15, 0.2) is 48.5 Å². The molecule has 1 saturated heterocycles. The zero-order valence-corrected chi connectivity index (χ0v) is 16.5. The maximum absolute atomic E-state index is 12.8. The molecule has 0 atom stereocenters. The number of likely N-dealkylation sites (tertiary alicyclic amines) is 1. The molecule has 1 aliphatic rings. The lowest BCUT2D eigenvalue weighted by Gasteiger charge is -2.31. The summed E-state index contributed by atoms with van der Waals surface area (Å²) in [5.41, 5.74) is 2.36. The number of halogens is 3. The molecule has 30 heavy (non-hydrogen) atoms. The van der Waals surface area contributed by atoms with Crippen LogP contribution in [0.1, 0.15) is 23.2 Å². The van der Waals surface area contributed by atoms with E-state index in [1.807, 2.05) is 41.7 Å². The van der Waals surface area contributed by atoms with Crippen LogP contribution in [0.5, 0.6) is 5.75 Å². The van der Waals surface area contributed by atoms with E-state index < -0.39 is 24.5 Å². The van der Waals surface area contributed by atoms with E-state index in [1.165, 1.54) is 0 Å². The maximum Gasteiger partial charge on any atom is 0.405 e. The topological polar surface area (TPSA) is 58.6 Å². The Kier molecular flexibility index (Phi) is 6.64. The van der Waals surface area contributed by atoms with E-state index in [9.17, 15) is 22.8 Å². The van der Waals surface area contributed by atoms with Gasteiger partial charge in [-0.05, 0) is 36.6 Å². The standard InChI is InChI=1S/C22H23F3N2O3/c1-30-19-5-3-2-4-18(19)15-6-8-17(9-7-15)21(29)27-12-10-16(11-13-27)20(28)26-14-22(23,24)25/h2-9,16H,10-14H2,1H3,(H,26,28). The summed E-state index contributed by atoms with van der Waals surface area (Å²) in [5, 5.41) is 1.92. The number of hydrogen-bond acceptors (Lipinski definition) is 3. The third kappa shape index (κ3) is 5.31. The Bertz CT molecular complexity index is 889. The fraction of sp³-hybridized carbons (Fsp3) is 0.364. The first kappa shape index (κ1) is 21.7. The van der Waals surface area contributed by atoms with Crippen LogP contribution in [0.25, 0.3) is 11.1 Å². The average molecular weight is 420 g/mol. The van der Waals surface area contributed by atoms with E-state index in [0.29, 0.717) is 31.5 Å². The summed E-state index contributed by atoms with van der Waals surface area (Å²) in [6.07, 6.45) is -3.74. The minimum atomic E-state index is -4.43. The molecule has 0 saturated carbocycles. The fourth-order valence-corrected chi connectivity index (χ4v) is 3.53. The summed E-state index contributed by atoms with van der Waals surface area (Å²) in [4.78, 5) is 26.3. The van der Waals surface area contributed by atoms with Gasteiger partial charge in [0.25, 0.3) is 5.91 Å². The Hall–Kier alpha value is -3.03. The number of methoxy groups -OCH3 is 1. The van der Waals surface area contributed by atoms with Crippen molar-refractivity contribution in [2.75, 3.05) is 26.7 Å². The van der Waals surface area contributed by atoms with Gasteiger partial charge in [0.15, 0.2) is 0 Å². The van der Waals surface area contributed by atoms with Crippen LogP contribution >= 0.6 is 0 Å². The number of benzene rings is 2. The first-order valence-corrected chi connectivity index (χ1v) is 9.65. The van der Waals surface area contributed by atoms with Crippen molar-refractivity contribution >= 4 is 11.8 Å². The first-order chi connectivity index (χ1) is 14.3. The molecule has 1 heterocycles. The van der Waals surface area contributed by atoms with Crippen molar-refractivity contribution in [2.24, 2.45) is 5.92 Å². The normalized spacial score (nSPS) is 15.0. The van der Waals surface area contributed by atoms with E-state index in [-0.39, 0.29) is 5.91 Å². The van der Waals surface area contributed by atoms with Crippen LogP contribution in [0.4, 0.5) is 13.2 Å². The molecule has 1 N–H and O–H groups in total. The summed E-state index contributed by atoms with van der Waals surface area (Å²) in [7, 11) is 1.60. The second kappa shape index (κ2) is 9.19. The molecule has 1 aliphatic heterocycles. The van der Waals surface area contributed by atoms with Crippen LogP contribution < -0.4 is 10.1 Å². The van der Waals surface area contributed by atoms with Crippen molar-refractivity contribution in [3.8, 4) is 16.9 Å². The van der Waals surface area contributed by atoms with Gasteiger partial charge < -0.3 is 15.0 Å². The quantitative estimate of drug-likeness (QED) is 0.799. The van der Waals surface area contributed by atoms with Gasteiger partial charge in [-0.3, -0.25) is 9.59 Å². The Morgan fingerprint density at radius 3 is 2.30 bits per heavy atom. The lowest BCUT2D eigenvalue weighted by atomic mass is 9.95. The number of amides is 2. The molecule has 3 rings (SSSR count). The molecule has 8 heteroatoms. The van der Waals surface area contributed by atoms with Gasteiger partial charge in [-0.2, -0.15) is 13.2 Å². The first-order valence-electron chi connectivity index (χ1n) is 9.65. The van der Waals surface area contributed by atoms with Crippen molar-refractivity contribution in [2.45, 2.75) is 19.0 Å². The number of rotatable bonds is 5. The van der Waals surface area contributed by atoms with Gasteiger partial charge in [0.05, 0.1) is 7.11 Å². The Labute approximate surface area is 172 Å². The molecule has 2 amide bonds. The van der Waals surface area contributed by atoms with Crippen molar-refractivity contribution in [3.63, 3.8) is 0 Å². The molecule has 5 nitrogen and oxygen atoms in total. The molecule has 0 radical (unpaired) electrons. The molecular formula is C22H23F3N2O3. The number of nitrogens with one attached hydrogen (secondary N) is 1. The second-order valence-electron chi connectivity index (χ2n) is 7.18. The van der Waals surface area contributed by atoms with Crippen LogP contribution in [0.2, 0.25) is 0 Å². The molecule has 1 fully saturated rings. The van der Waals surface area contributed by atoms with Gasteiger partial charge in [-0.25, -0.2) is 0 Å². The number of carbonyl (C=O) groups is 2. The van der Waals surface area contributed by atoms with Crippen molar-refractivity contribution < 1.29 is 27.5 Å². The Morgan fingerprint density at radius 2 is 1.70 bits per heavy atom. The second-order valence-corrected chi connectivity index (χ2v) is 7.18. The van der Waals surface area contributed by atoms with Gasteiger partial charge >= 0.3 is 6.18 Å². The number of piperidine rings is 1. The van der Waals surface area contributed by atoms with Crippen LogP contribution in [0.3, 0.4) is 0 Å². The molecule has 0 spiro atoms. The average Bonchev–Trinajstić information content (AvgIpc) is 2.76. The number of nitrogens with zero attached hydrogens (tertiary/aromatic N) is 1. The van der Waals surface area contributed by atoms with Crippen LogP contribution in [-0.2, 0) is 4.79 Å². The molecule has 160 valence electrons. The van der Waals surface area contributed by atoms with E-state index in [1.54, 1.807) is 24.1 Å². The van der Waals surface area contributed by atoms with Crippen molar-refractivity contribution in [3.05, 3.63) is 54.1 Å². The number of carbonyl (C=O) groups excluding carboxylic acids is 2. The number of ether oxygens (including phenoxy) is 1. The minimum absolute atomic E-state index is 0.157. The minimum Gasteiger partial charge on any atom is -0.496 e. The van der Waals surface area contributed by atoms with Crippen molar-refractivity contribution in [1.82, 2.24) is 10.2 Å². The van der Waals surface area contributed by atoms with Crippen LogP contribution in [0, 0.1) is 5.92 Å². The van der Waals surface area contributed by atoms with Crippen LogP contribution in [-0.4, -0.2) is 49.6 Å². The molecule has 0 aliphatic carbocycles. The molecule has 0 aromatic heterocycles. The third-order valence-electron chi connectivity index (χ3n) is 5.17. The zero-order valence-electron chi connectivity index (χ0n) is 16.5. The zero-order chi connectivity index (χ0) is 21.7. The molecule has 2 aromatic carbocycles. The number of para-hydroxylation sites is 1. The Balaban J connectivity index is 1.58. The van der Waals surface area contributed by atoms with Crippen molar-refractivity contribution in [1.29, 1.82) is 0 Å². The number of alkyl halides is 3. The predicted molar refractivity (Wildman–Crippen MR) is 106 cm³/mol. The summed E-state index contributed by atoms with van der Waals surface area (Å²) >= 11 is 0. The highest BCUT2D eigenvalue weighted by molar-refractivity contribution is 5.95. The molecule has 2 aromatic rings. The van der Waals surface area contributed by atoms with Gasteiger partial charge in [-0.1, -0.05) is 30.3 Å². The highest BCUT2D eigenvalue weighted by Crippen LogP contribution is 2.30. The van der Waals surface area contributed by atoms with Gasteiger partial charge in [0, 0.05) is 30.1 Å². The largest absolute Gasteiger partial charge is 0.496 e. The van der Waals surface area contributed by atoms with Gasteiger partial charge in [-0.15, -0.1) is 0 Å². The van der Waals surface area contributed by atoms with Gasteiger partial charge in [0.1, 0.15) is 12.3 Å². The Morgan fingerprint density at radius 1 is 1.07 bits per heavy atom. The SMILES string of the molecule is COc1ccccc1-c1ccc(C(=O)N2CCC(C(=O)NCC(F)(F)F)CC2)cc1. The van der Waals surface area contributed by atoms with E-state index in [2.05, 4.69) is 0 Å². The smallest absolute Gasteiger partial charge is 0.405 e. The van der Waals surface area contributed by atoms with E-state index in [0.717, 1.165) is 16.9 Å². The third-order valence-corrected chi connectivity index (χ3v) is 5.17. The molecule has 0 bridgehead atoms. The fourth-order valence-electron chi connectivity index (χ4n) is 3.53. The highest BCUT2D eigenvalue weighted by Gasteiger charge is 2.32. The maximum atomic E-state index is 12.8. The molecular weight excluding hydrogens is 397 g/mol. The molecule has 0 unspecified atom stereocenters. The summed E-state index contributed by atoms with van der Waals surface area (Å²) < 4.78 is 42.1. The summed E-state index contributed by atoms with van der Waals surface area (Å²) in [6, 6.07) is 14.8. The van der Waals surface area contributed by atoms with E-state index >= 15 is 0 Å². The summed E-state index contributed by atoms with van der Waals surface area (Å²) in [6.45, 7) is -0.669. The summed E-state index contributed by atoms with van der Waals surface area (Å²) in [5.74, 6) is -0.539. The lowest BCUT2D eigenvalue weighted by Crippen LogP contribution is -2.44. The van der Waals surface area contributed by atoms with Gasteiger partial charge in [0.2, 0.25) is 5.91 Å². The predicted octanol–water partition coefficient (Wildman–Crippen LogP) is 3.89. The highest BCUT2D eigenvalue weighted by atomic mass is 19.4. The monoisotopic (exact) mass is 420 g/mol. The van der Waals surface area contributed by atoms with E-state index in [4.69, 9.17) is 4.74 Å². The lowest BCUT2D eigenvalue weighted by molar-refractivity contribution is -0.141. The number of hydrogen-bond donors (Lipinski definition) is 1.